The molecule has 3 heteroatoms. The van der Waals surface area contributed by atoms with Gasteiger partial charge in [0.05, 0.1) is 11.0 Å². The summed E-state index contributed by atoms with van der Waals surface area (Å²) >= 11 is 0. The lowest BCUT2D eigenvalue weighted by Gasteiger charge is -2.62. The van der Waals surface area contributed by atoms with Gasteiger partial charge in [0.15, 0.2) is 0 Å². The Morgan fingerprint density at radius 1 is 1.15 bits per heavy atom. The second kappa shape index (κ2) is 7.11. The van der Waals surface area contributed by atoms with Gasteiger partial charge >= 0.3 is 5.97 Å². The molecule has 3 aliphatic rings. The van der Waals surface area contributed by atoms with Gasteiger partial charge in [-0.2, -0.15) is 0 Å². The fourth-order valence-corrected chi connectivity index (χ4v) is 7.26. The van der Waals surface area contributed by atoms with Crippen molar-refractivity contribution in [2.75, 3.05) is 6.61 Å². The highest BCUT2D eigenvalue weighted by molar-refractivity contribution is 5.75. The molecule has 0 spiro atoms. The van der Waals surface area contributed by atoms with E-state index in [4.69, 9.17) is 4.74 Å². The second-order valence-electron chi connectivity index (χ2n) is 10.4. The standard InChI is InChI=1S/C23H40O3/c1-6-14-26-23(16(2)3)13-10-18-17(15-23)8-9-19-21(18,4)11-7-12-22(19,5)20(24)25/h16-19H,6-15H2,1-5H3,(H,24,25). The first-order valence-corrected chi connectivity index (χ1v) is 11.1. The summed E-state index contributed by atoms with van der Waals surface area (Å²) in [6, 6.07) is 0. The van der Waals surface area contributed by atoms with Crippen LogP contribution in [0.25, 0.3) is 0 Å². The SMILES string of the molecule is CCCOC1(C(C)C)CCC2C(CCC3C(C)(C(=O)O)CCCC23C)C1. The van der Waals surface area contributed by atoms with Crippen molar-refractivity contribution in [3.05, 3.63) is 0 Å². The van der Waals surface area contributed by atoms with Gasteiger partial charge in [0.25, 0.3) is 0 Å². The van der Waals surface area contributed by atoms with Gasteiger partial charge in [0.1, 0.15) is 0 Å². The van der Waals surface area contributed by atoms with E-state index in [1.165, 1.54) is 25.7 Å². The molecule has 0 aromatic rings. The van der Waals surface area contributed by atoms with E-state index < -0.39 is 11.4 Å². The number of ether oxygens (including phenoxy) is 1. The molecule has 0 aromatic carbocycles. The highest BCUT2D eigenvalue weighted by Crippen LogP contribution is 2.65. The summed E-state index contributed by atoms with van der Waals surface area (Å²) < 4.78 is 6.48. The highest BCUT2D eigenvalue weighted by atomic mass is 16.5. The summed E-state index contributed by atoms with van der Waals surface area (Å²) in [4.78, 5) is 12.1. The van der Waals surface area contributed by atoms with E-state index in [2.05, 4.69) is 27.7 Å². The Kier molecular flexibility index (Phi) is 5.52. The minimum absolute atomic E-state index is 0.0468. The van der Waals surface area contributed by atoms with E-state index in [0.29, 0.717) is 23.7 Å². The third-order valence-corrected chi connectivity index (χ3v) is 8.84. The van der Waals surface area contributed by atoms with E-state index in [0.717, 1.165) is 38.7 Å². The molecular weight excluding hydrogens is 324 g/mol. The van der Waals surface area contributed by atoms with Crippen molar-refractivity contribution in [2.24, 2.45) is 34.5 Å². The van der Waals surface area contributed by atoms with Crippen LogP contribution in [0, 0.1) is 34.5 Å². The lowest BCUT2D eigenvalue weighted by Crippen LogP contribution is -2.58. The summed E-state index contributed by atoms with van der Waals surface area (Å²) in [7, 11) is 0. The molecule has 3 rings (SSSR count). The average molecular weight is 365 g/mol. The van der Waals surface area contributed by atoms with Gasteiger partial charge < -0.3 is 9.84 Å². The van der Waals surface area contributed by atoms with Gasteiger partial charge in [-0.1, -0.05) is 34.1 Å². The largest absolute Gasteiger partial charge is 0.481 e. The Balaban J connectivity index is 1.84. The molecule has 150 valence electrons. The molecule has 0 bridgehead atoms. The van der Waals surface area contributed by atoms with E-state index in [-0.39, 0.29) is 11.0 Å². The smallest absolute Gasteiger partial charge is 0.309 e. The number of carboxylic acid groups (broad SMARTS) is 1. The molecule has 3 nitrogen and oxygen atoms in total. The summed E-state index contributed by atoms with van der Waals surface area (Å²) in [6.45, 7) is 12.2. The van der Waals surface area contributed by atoms with E-state index in [1.807, 2.05) is 6.92 Å². The van der Waals surface area contributed by atoms with Crippen LogP contribution in [0.5, 0.6) is 0 Å². The zero-order valence-electron chi connectivity index (χ0n) is 17.6. The Morgan fingerprint density at radius 2 is 1.88 bits per heavy atom. The zero-order chi connectivity index (χ0) is 19.2. The molecule has 0 amide bonds. The van der Waals surface area contributed by atoms with Crippen molar-refractivity contribution < 1.29 is 14.6 Å². The number of fused-ring (bicyclic) bond motifs is 3. The van der Waals surface area contributed by atoms with Crippen LogP contribution in [0.15, 0.2) is 0 Å². The minimum atomic E-state index is -0.564. The van der Waals surface area contributed by atoms with Gasteiger partial charge in [-0.3, -0.25) is 4.79 Å². The third-order valence-electron chi connectivity index (χ3n) is 8.84. The van der Waals surface area contributed by atoms with Crippen LogP contribution in [0.1, 0.15) is 92.4 Å². The van der Waals surface area contributed by atoms with Crippen LogP contribution in [-0.4, -0.2) is 23.3 Å². The van der Waals surface area contributed by atoms with E-state index in [9.17, 15) is 9.90 Å². The van der Waals surface area contributed by atoms with Crippen molar-refractivity contribution in [1.29, 1.82) is 0 Å². The Hall–Kier alpha value is -0.570. The molecule has 3 saturated carbocycles. The van der Waals surface area contributed by atoms with E-state index in [1.54, 1.807) is 0 Å². The summed E-state index contributed by atoms with van der Waals surface area (Å²) in [5.41, 5.74) is -0.281. The fraction of sp³-hybridized carbons (Fsp3) is 0.957. The van der Waals surface area contributed by atoms with Gasteiger partial charge in [-0.15, -0.1) is 0 Å². The monoisotopic (exact) mass is 364 g/mol. The zero-order valence-corrected chi connectivity index (χ0v) is 17.6. The highest BCUT2D eigenvalue weighted by Gasteiger charge is 2.60. The van der Waals surface area contributed by atoms with Crippen molar-refractivity contribution in [1.82, 2.24) is 0 Å². The first-order valence-electron chi connectivity index (χ1n) is 11.1. The van der Waals surface area contributed by atoms with Gasteiger partial charge in [-0.25, -0.2) is 0 Å². The van der Waals surface area contributed by atoms with Crippen molar-refractivity contribution in [3.63, 3.8) is 0 Å². The molecule has 3 fully saturated rings. The third kappa shape index (κ3) is 3.02. The lowest BCUT2D eigenvalue weighted by molar-refractivity contribution is -0.188. The minimum Gasteiger partial charge on any atom is -0.481 e. The second-order valence-corrected chi connectivity index (χ2v) is 10.4. The molecule has 0 aromatic heterocycles. The van der Waals surface area contributed by atoms with Crippen LogP contribution >= 0.6 is 0 Å². The molecule has 1 N–H and O–H groups in total. The molecule has 0 saturated heterocycles. The maximum absolute atomic E-state index is 12.1. The number of hydrogen-bond donors (Lipinski definition) is 1. The van der Waals surface area contributed by atoms with Crippen LogP contribution < -0.4 is 0 Å². The molecule has 6 unspecified atom stereocenters. The van der Waals surface area contributed by atoms with Crippen LogP contribution in [0.3, 0.4) is 0 Å². The van der Waals surface area contributed by atoms with Crippen molar-refractivity contribution in [2.45, 2.75) is 98.0 Å². The number of carboxylic acids is 1. The van der Waals surface area contributed by atoms with E-state index >= 15 is 0 Å². The van der Waals surface area contributed by atoms with Crippen LogP contribution in [0.4, 0.5) is 0 Å². The van der Waals surface area contributed by atoms with Crippen molar-refractivity contribution in [3.8, 4) is 0 Å². The molecule has 0 aliphatic heterocycles. The molecule has 0 radical (unpaired) electrons. The quantitative estimate of drug-likeness (QED) is 0.659. The van der Waals surface area contributed by atoms with Crippen molar-refractivity contribution >= 4 is 5.97 Å². The molecule has 6 atom stereocenters. The van der Waals surface area contributed by atoms with Crippen LogP contribution in [0.2, 0.25) is 0 Å². The number of hydrogen-bond acceptors (Lipinski definition) is 2. The molecule has 26 heavy (non-hydrogen) atoms. The normalized spacial score (nSPS) is 45.8. The maximum Gasteiger partial charge on any atom is 0.309 e. The van der Waals surface area contributed by atoms with Gasteiger partial charge in [0, 0.05) is 6.61 Å². The summed E-state index contributed by atoms with van der Waals surface area (Å²) in [5, 5.41) is 9.98. The topological polar surface area (TPSA) is 46.5 Å². The Morgan fingerprint density at radius 3 is 2.50 bits per heavy atom. The fourth-order valence-electron chi connectivity index (χ4n) is 7.26. The predicted molar refractivity (Wildman–Crippen MR) is 105 cm³/mol. The predicted octanol–water partition coefficient (Wildman–Crippen LogP) is 5.92. The Bertz CT molecular complexity index is 530. The lowest BCUT2D eigenvalue weighted by atomic mass is 9.43. The number of aliphatic carboxylic acids is 1. The molecule has 3 aliphatic carbocycles. The molecule has 0 heterocycles. The van der Waals surface area contributed by atoms with Gasteiger partial charge in [0.2, 0.25) is 0 Å². The summed E-state index contributed by atoms with van der Waals surface area (Å²) in [5.74, 6) is 1.71. The van der Waals surface area contributed by atoms with Crippen LogP contribution in [-0.2, 0) is 9.53 Å². The van der Waals surface area contributed by atoms with Gasteiger partial charge in [-0.05, 0) is 87.4 Å². The molecular formula is C23H40O3. The maximum atomic E-state index is 12.1. The average Bonchev–Trinajstić information content (AvgIpc) is 2.59. The Labute approximate surface area is 160 Å². The number of carbonyl (C=O) groups is 1. The first kappa shape index (κ1) is 20.2. The first-order chi connectivity index (χ1) is 12.2. The number of rotatable bonds is 5. The summed E-state index contributed by atoms with van der Waals surface area (Å²) in [6.07, 6.45) is 10.1.